The van der Waals surface area contributed by atoms with Crippen molar-refractivity contribution in [3.63, 3.8) is 0 Å². The summed E-state index contributed by atoms with van der Waals surface area (Å²) in [6.45, 7) is 1.84. The van der Waals surface area contributed by atoms with Crippen LogP contribution < -0.4 is 10.6 Å². The standard InChI is InChI=1S/C13H13N3O2/c1-9-5-4-8-12(14-9)16-13(18)15-10-6-2-3-7-11(10)17/h2-8,17H,1H3,(H2,14,15,16,18). The van der Waals surface area contributed by atoms with E-state index in [1.54, 1.807) is 30.3 Å². The lowest BCUT2D eigenvalue weighted by atomic mass is 10.3. The average molecular weight is 243 g/mol. The number of rotatable bonds is 2. The summed E-state index contributed by atoms with van der Waals surface area (Å²) in [5.41, 5.74) is 1.16. The van der Waals surface area contributed by atoms with Gasteiger partial charge in [-0.1, -0.05) is 18.2 Å². The molecule has 0 aliphatic rings. The maximum atomic E-state index is 11.7. The molecule has 5 nitrogen and oxygen atoms in total. The Morgan fingerprint density at radius 1 is 1.11 bits per heavy atom. The number of phenols is 1. The number of phenolic OH excluding ortho intramolecular Hbond substituents is 1. The van der Waals surface area contributed by atoms with Crippen molar-refractivity contribution in [2.45, 2.75) is 6.92 Å². The van der Waals surface area contributed by atoms with E-state index >= 15 is 0 Å². The summed E-state index contributed by atoms with van der Waals surface area (Å²) < 4.78 is 0. The van der Waals surface area contributed by atoms with Crippen molar-refractivity contribution in [3.05, 3.63) is 48.2 Å². The Morgan fingerprint density at radius 2 is 1.89 bits per heavy atom. The van der Waals surface area contributed by atoms with Crippen molar-refractivity contribution in [2.75, 3.05) is 10.6 Å². The van der Waals surface area contributed by atoms with Crippen LogP contribution in [0.25, 0.3) is 0 Å². The Labute approximate surface area is 104 Å². The monoisotopic (exact) mass is 243 g/mol. The number of urea groups is 1. The molecular weight excluding hydrogens is 230 g/mol. The predicted octanol–water partition coefficient (Wildman–Crippen LogP) is 2.74. The summed E-state index contributed by atoms with van der Waals surface area (Å²) >= 11 is 0. The third-order valence-electron chi connectivity index (χ3n) is 2.28. The van der Waals surface area contributed by atoms with Crippen LogP contribution in [0.1, 0.15) is 5.69 Å². The van der Waals surface area contributed by atoms with Gasteiger partial charge in [0.05, 0.1) is 5.69 Å². The van der Waals surface area contributed by atoms with Crippen LogP contribution in [0.3, 0.4) is 0 Å². The minimum absolute atomic E-state index is 0.0184. The number of aryl methyl sites for hydroxylation is 1. The second-order valence-corrected chi connectivity index (χ2v) is 3.76. The normalized spacial score (nSPS) is 9.83. The molecule has 0 saturated carbocycles. The molecule has 0 aliphatic heterocycles. The summed E-state index contributed by atoms with van der Waals surface area (Å²) in [4.78, 5) is 15.8. The van der Waals surface area contributed by atoms with E-state index in [2.05, 4.69) is 15.6 Å². The minimum Gasteiger partial charge on any atom is -0.506 e. The predicted molar refractivity (Wildman–Crippen MR) is 69.7 cm³/mol. The molecule has 92 valence electrons. The maximum absolute atomic E-state index is 11.7. The number of pyridine rings is 1. The van der Waals surface area contributed by atoms with Gasteiger partial charge in [0.1, 0.15) is 11.6 Å². The largest absolute Gasteiger partial charge is 0.506 e. The van der Waals surface area contributed by atoms with Gasteiger partial charge in [0.25, 0.3) is 0 Å². The van der Waals surface area contributed by atoms with E-state index < -0.39 is 6.03 Å². The van der Waals surface area contributed by atoms with Gasteiger partial charge < -0.3 is 10.4 Å². The maximum Gasteiger partial charge on any atom is 0.324 e. The van der Waals surface area contributed by atoms with Gasteiger partial charge in [-0.15, -0.1) is 0 Å². The Morgan fingerprint density at radius 3 is 2.61 bits per heavy atom. The van der Waals surface area contributed by atoms with E-state index in [-0.39, 0.29) is 5.75 Å². The highest BCUT2D eigenvalue weighted by Crippen LogP contribution is 2.21. The average Bonchev–Trinajstić information content (AvgIpc) is 2.32. The number of aromatic hydroxyl groups is 1. The van der Waals surface area contributed by atoms with Crippen molar-refractivity contribution >= 4 is 17.5 Å². The lowest BCUT2D eigenvalue weighted by molar-refractivity contribution is 0.262. The molecule has 0 atom stereocenters. The molecule has 0 fully saturated rings. The van der Waals surface area contributed by atoms with Gasteiger partial charge in [-0.3, -0.25) is 5.32 Å². The lowest BCUT2D eigenvalue weighted by Gasteiger charge is -2.08. The number of nitrogens with one attached hydrogen (secondary N) is 2. The molecule has 0 spiro atoms. The van der Waals surface area contributed by atoms with Gasteiger partial charge in [-0.2, -0.15) is 0 Å². The molecule has 1 heterocycles. The van der Waals surface area contributed by atoms with E-state index in [0.29, 0.717) is 11.5 Å². The minimum atomic E-state index is -0.449. The number of benzene rings is 1. The molecule has 2 aromatic rings. The fraction of sp³-hybridized carbons (Fsp3) is 0.0769. The van der Waals surface area contributed by atoms with Crippen LogP contribution in [0.4, 0.5) is 16.3 Å². The first-order chi connectivity index (χ1) is 8.65. The summed E-state index contributed by atoms with van der Waals surface area (Å²) in [7, 11) is 0. The second-order valence-electron chi connectivity index (χ2n) is 3.76. The molecule has 0 unspecified atom stereocenters. The number of nitrogens with zero attached hydrogens (tertiary/aromatic N) is 1. The van der Waals surface area contributed by atoms with Crippen LogP contribution in [0.15, 0.2) is 42.5 Å². The highest BCUT2D eigenvalue weighted by Gasteiger charge is 2.06. The Bertz CT molecular complexity index is 570. The zero-order valence-electron chi connectivity index (χ0n) is 9.84. The fourth-order valence-corrected chi connectivity index (χ4v) is 1.46. The zero-order valence-corrected chi connectivity index (χ0v) is 9.84. The Hall–Kier alpha value is -2.56. The van der Waals surface area contributed by atoms with Gasteiger partial charge in [0, 0.05) is 5.69 Å². The number of aromatic nitrogens is 1. The van der Waals surface area contributed by atoms with Gasteiger partial charge in [-0.25, -0.2) is 9.78 Å². The van der Waals surface area contributed by atoms with E-state index in [0.717, 1.165) is 5.69 Å². The number of carbonyl (C=O) groups excluding carboxylic acids is 1. The van der Waals surface area contributed by atoms with Crippen molar-refractivity contribution in [1.82, 2.24) is 4.98 Å². The second kappa shape index (κ2) is 5.18. The van der Waals surface area contributed by atoms with Crippen molar-refractivity contribution in [1.29, 1.82) is 0 Å². The fourth-order valence-electron chi connectivity index (χ4n) is 1.46. The van der Waals surface area contributed by atoms with E-state index in [9.17, 15) is 9.90 Å². The van der Waals surface area contributed by atoms with E-state index in [4.69, 9.17) is 0 Å². The van der Waals surface area contributed by atoms with Crippen LogP contribution in [0.2, 0.25) is 0 Å². The first-order valence-electron chi connectivity index (χ1n) is 5.45. The summed E-state index contributed by atoms with van der Waals surface area (Å²) in [6.07, 6.45) is 0. The molecule has 0 bridgehead atoms. The third kappa shape index (κ3) is 2.98. The van der Waals surface area contributed by atoms with Crippen molar-refractivity contribution in [2.24, 2.45) is 0 Å². The molecular formula is C13H13N3O2. The third-order valence-corrected chi connectivity index (χ3v) is 2.28. The summed E-state index contributed by atoms with van der Waals surface area (Å²) in [5.74, 6) is 0.479. The van der Waals surface area contributed by atoms with Gasteiger partial charge in [-0.05, 0) is 31.2 Å². The number of hydrogen-bond donors (Lipinski definition) is 3. The topological polar surface area (TPSA) is 74.2 Å². The molecule has 18 heavy (non-hydrogen) atoms. The molecule has 0 aliphatic carbocycles. The molecule has 3 N–H and O–H groups in total. The molecule has 1 aromatic heterocycles. The summed E-state index contributed by atoms with van der Waals surface area (Å²) in [6, 6.07) is 11.4. The highest BCUT2D eigenvalue weighted by atomic mass is 16.3. The van der Waals surface area contributed by atoms with Crippen LogP contribution in [0.5, 0.6) is 5.75 Å². The van der Waals surface area contributed by atoms with E-state index in [1.165, 1.54) is 6.07 Å². The Balaban J connectivity index is 2.03. The molecule has 0 radical (unpaired) electrons. The van der Waals surface area contributed by atoms with Crippen LogP contribution in [-0.4, -0.2) is 16.1 Å². The van der Waals surface area contributed by atoms with E-state index in [1.807, 2.05) is 13.0 Å². The lowest BCUT2D eigenvalue weighted by Crippen LogP contribution is -2.20. The zero-order chi connectivity index (χ0) is 13.0. The van der Waals surface area contributed by atoms with Crippen LogP contribution in [0, 0.1) is 6.92 Å². The molecule has 2 amide bonds. The first-order valence-corrected chi connectivity index (χ1v) is 5.45. The van der Waals surface area contributed by atoms with Crippen LogP contribution >= 0.6 is 0 Å². The number of carbonyl (C=O) groups is 1. The summed E-state index contributed by atoms with van der Waals surface area (Å²) in [5, 5.41) is 14.6. The Kier molecular flexibility index (Phi) is 3.43. The SMILES string of the molecule is Cc1cccc(NC(=O)Nc2ccccc2O)n1. The van der Waals surface area contributed by atoms with Crippen molar-refractivity contribution in [3.8, 4) is 5.75 Å². The first kappa shape index (κ1) is 11.9. The molecule has 2 rings (SSSR count). The quantitative estimate of drug-likeness (QED) is 0.710. The number of para-hydroxylation sites is 2. The number of hydrogen-bond acceptors (Lipinski definition) is 3. The van der Waals surface area contributed by atoms with Gasteiger partial charge in [0.15, 0.2) is 0 Å². The molecule has 0 saturated heterocycles. The smallest absolute Gasteiger partial charge is 0.324 e. The van der Waals surface area contributed by atoms with Crippen molar-refractivity contribution < 1.29 is 9.90 Å². The molecule has 1 aromatic carbocycles. The van der Waals surface area contributed by atoms with Gasteiger partial charge in [0.2, 0.25) is 0 Å². The highest BCUT2D eigenvalue weighted by molar-refractivity contribution is 6.00. The molecule has 5 heteroatoms. The number of amides is 2. The number of anilines is 2. The van der Waals surface area contributed by atoms with Crippen LogP contribution in [-0.2, 0) is 0 Å². The van der Waals surface area contributed by atoms with Gasteiger partial charge >= 0.3 is 6.03 Å².